The van der Waals surface area contributed by atoms with Gasteiger partial charge < -0.3 is 5.73 Å². The minimum absolute atomic E-state index is 0.470. The van der Waals surface area contributed by atoms with E-state index < -0.39 is 0 Å². The second-order valence-electron chi connectivity index (χ2n) is 5.10. The van der Waals surface area contributed by atoms with Gasteiger partial charge in [-0.3, -0.25) is 0 Å². The summed E-state index contributed by atoms with van der Waals surface area (Å²) in [4.78, 5) is 0. The van der Waals surface area contributed by atoms with Crippen LogP contribution in [0, 0.1) is 0 Å². The van der Waals surface area contributed by atoms with E-state index in [2.05, 4.69) is 41.5 Å². The van der Waals surface area contributed by atoms with Crippen molar-refractivity contribution in [2.24, 2.45) is 5.73 Å². The standard InChI is InChI=1S/C16H24N4/c1-2-3-7-12-20-16(15(13-17)18-19-20)11-10-14-8-5-4-6-9-14/h4-6,8-9H,2-3,7,10-13,17H2,1H3. The maximum Gasteiger partial charge on any atom is 0.0994 e. The molecule has 0 fully saturated rings. The first-order chi connectivity index (χ1) is 9.85. The van der Waals surface area contributed by atoms with Gasteiger partial charge >= 0.3 is 0 Å². The summed E-state index contributed by atoms with van der Waals surface area (Å²) in [7, 11) is 0. The Labute approximate surface area is 121 Å². The molecule has 0 aliphatic heterocycles. The number of hydrogen-bond acceptors (Lipinski definition) is 3. The highest BCUT2D eigenvalue weighted by Gasteiger charge is 2.11. The third-order valence-electron chi connectivity index (χ3n) is 3.58. The van der Waals surface area contributed by atoms with Crippen LogP contribution in [0.1, 0.15) is 43.1 Å². The van der Waals surface area contributed by atoms with Crippen molar-refractivity contribution in [2.45, 2.75) is 52.1 Å². The average Bonchev–Trinajstić information content (AvgIpc) is 2.88. The molecule has 0 aliphatic carbocycles. The Hall–Kier alpha value is -1.68. The fraction of sp³-hybridized carbons (Fsp3) is 0.500. The summed E-state index contributed by atoms with van der Waals surface area (Å²) in [6.45, 7) is 3.63. The lowest BCUT2D eigenvalue weighted by Crippen LogP contribution is -2.09. The highest BCUT2D eigenvalue weighted by molar-refractivity contribution is 5.18. The number of nitrogens with two attached hydrogens (primary N) is 1. The summed E-state index contributed by atoms with van der Waals surface area (Å²) in [5.74, 6) is 0. The van der Waals surface area contributed by atoms with Crippen molar-refractivity contribution in [2.75, 3.05) is 0 Å². The number of benzene rings is 1. The van der Waals surface area contributed by atoms with E-state index in [1.165, 1.54) is 24.1 Å². The number of aromatic nitrogens is 3. The van der Waals surface area contributed by atoms with Gasteiger partial charge in [0, 0.05) is 13.1 Å². The van der Waals surface area contributed by atoms with Crippen molar-refractivity contribution in [3.63, 3.8) is 0 Å². The van der Waals surface area contributed by atoms with Crippen molar-refractivity contribution in [3.8, 4) is 0 Å². The van der Waals surface area contributed by atoms with Gasteiger partial charge in [-0.25, -0.2) is 4.68 Å². The van der Waals surface area contributed by atoms with Gasteiger partial charge in [-0.1, -0.05) is 55.3 Å². The quantitative estimate of drug-likeness (QED) is 0.752. The fourth-order valence-electron chi connectivity index (χ4n) is 2.40. The van der Waals surface area contributed by atoms with E-state index in [0.717, 1.165) is 31.5 Å². The molecule has 108 valence electrons. The Morgan fingerprint density at radius 2 is 1.90 bits per heavy atom. The van der Waals surface area contributed by atoms with E-state index in [-0.39, 0.29) is 0 Å². The Morgan fingerprint density at radius 3 is 2.60 bits per heavy atom. The predicted molar refractivity (Wildman–Crippen MR) is 81.3 cm³/mol. The van der Waals surface area contributed by atoms with E-state index in [4.69, 9.17) is 5.73 Å². The minimum Gasteiger partial charge on any atom is -0.325 e. The SMILES string of the molecule is CCCCCn1nnc(CN)c1CCc1ccccc1. The van der Waals surface area contributed by atoms with Gasteiger partial charge in [-0.05, 0) is 24.8 Å². The third kappa shape index (κ3) is 3.90. The molecule has 0 unspecified atom stereocenters. The molecule has 4 nitrogen and oxygen atoms in total. The number of aryl methyl sites for hydroxylation is 2. The summed E-state index contributed by atoms with van der Waals surface area (Å²) < 4.78 is 2.04. The van der Waals surface area contributed by atoms with Gasteiger partial charge in [0.1, 0.15) is 0 Å². The van der Waals surface area contributed by atoms with Crippen molar-refractivity contribution in [1.29, 1.82) is 0 Å². The summed E-state index contributed by atoms with van der Waals surface area (Å²) in [5.41, 5.74) is 9.26. The van der Waals surface area contributed by atoms with Gasteiger partial charge in [0.2, 0.25) is 0 Å². The molecule has 0 bridgehead atoms. The van der Waals surface area contributed by atoms with Crippen LogP contribution in [0.15, 0.2) is 30.3 Å². The highest BCUT2D eigenvalue weighted by Crippen LogP contribution is 2.11. The largest absolute Gasteiger partial charge is 0.325 e. The summed E-state index contributed by atoms with van der Waals surface area (Å²) in [6, 6.07) is 10.5. The molecule has 1 aromatic carbocycles. The molecule has 0 amide bonds. The molecule has 2 aromatic rings. The van der Waals surface area contributed by atoms with Gasteiger partial charge in [-0.15, -0.1) is 5.10 Å². The second kappa shape index (κ2) is 7.80. The molecule has 4 heteroatoms. The molecule has 1 heterocycles. The number of unbranched alkanes of at least 4 members (excludes halogenated alkanes) is 2. The van der Waals surface area contributed by atoms with Crippen LogP contribution >= 0.6 is 0 Å². The van der Waals surface area contributed by atoms with Crippen molar-refractivity contribution < 1.29 is 0 Å². The summed E-state index contributed by atoms with van der Waals surface area (Å²) >= 11 is 0. The van der Waals surface area contributed by atoms with Crippen LogP contribution in [-0.4, -0.2) is 15.0 Å². The number of rotatable bonds is 8. The zero-order chi connectivity index (χ0) is 14.2. The highest BCUT2D eigenvalue weighted by atomic mass is 15.4. The molecular formula is C16H24N4. The van der Waals surface area contributed by atoms with Crippen LogP contribution in [0.4, 0.5) is 0 Å². The van der Waals surface area contributed by atoms with Crippen LogP contribution < -0.4 is 5.73 Å². The van der Waals surface area contributed by atoms with E-state index in [1.54, 1.807) is 0 Å². The van der Waals surface area contributed by atoms with E-state index in [0.29, 0.717) is 6.54 Å². The first-order valence-corrected chi connectivity index (χ1v) is 7.50. The summed E-state index contributed by atoms with van der Waals surface area (Å²) in [6.07, 6.45) is 5.57. The summed E-state index contributed by atoms with van der Waals surface area (Å²) in [5, 5.41) is 8.47. The second-order valence-corrected chi connectivity index (χ2v) is 5.10. The van der Waals surface area contributed by atoms with Crippen molar-refractivity contribution in [1.82, 2.24) is 15.0 Å². The van der Waals surface area contributed by atoms with Crippen LogP contribution in [0.3, 0.4) is 0 Å². The lowest BCUT2D eigenvalue weighted by Gasteiger charge is -2.07. The zero-order valence-electron chi connectivity index (χ0n) is 12.3. The van der Waals surface area contributed by atoms with Crippen molar-refractivity contribution in [3.05, 3.63) is 47.3 Å². The van der Waals surface area contributed by atoms with Gasteiger partial charge in [-0.2, -0.15) is 0 Å². The smallest absolute Gasteiger partial charge is 0.0994 e. The lowest BCUT2D eigenvalue weighted by molar-refractivity contribution is 0.519. The maximum atomic E-state index is 5.77. The molecule has 1 aromatic heterocycles. The van der Waals surface area contributed by atoms with Crippen molar-refractivity contribution >= 4 is 0 Å². The van der Waals surface area contributed by atoms with Crippen LogP contribution in [-0.2, 0) is 25.9 Å². The third-order valence-corrected chi connectivity index (χ3v) is 3.58. The molecule has 2 rings (SSSR count). The van der Waals surface area contributed by atoms with Crippen LogP contribution in [0.5, 0.6) is 0 Å². The molecule has 0 saturated heterocycles. The van der Waals surface area contributed by atoms with Gasteiger partial charge in [0.05, 0.1) is 11.4 Å². The molecule has 20 heavy (non-hydrogen) atoms. The van der Waals surface area contributed by atoms with Gasteiger partial charge in [0.25, 0.3) is 0 Å². The molecular weight excluding hydrogens is 248 g/mol. The minimum atomic E-state index is 0.470. The molecule has 0 radical (unpaired) electrons. The first-order valence-electron chi connectivity index (χ1n) is 7.50. The monoisotopic (exact) mass is 272 g/mol. The Balaban J connectivity index is 2.02. The Bertz CT molecular complexity index is 504. The molecule has 0 aliphatic rings. The molecule has 0 spiro atoms. The molecule has 0 atom stereocenters. The number of hydrogen-bond donors (Lipinski definition) is 1. The topological polar surface area (TPSA) is 56.7 Å². The normalized spacial score (nSPS) is 10.9. The molecule has 2 N–H and O–H groups in total. The van der Waals surface area contributed by atoms with E-state index in [9.17, 15) is 0 Å². The fourth-order valence-corrected chi connectivity index (χ4v) is 2.40. The van der Waals surface area contributed by atoms with E-state index in [1.807, 2.05) is 10.7 Å². The van der Waals surface area contributed by atoms with Crippen LogP contribution in [0.2, 0.25) is 0 Å². The first kappa shape index (κ1) is 14.7. The van der Waals surface area contributed by atoms with Gasteiger partial charge in [0.15, 0.2) is 0 Å². The maximum absolute atomic E-state index is 5.77. The zero-order valence-corrected chi connectivity index (χ0v) is 12.3. The van der Waals surface area contributed by atoms with E-state index >= 15 is 0 Å². The Kier molecular flexibility index (Phi) is 5.74. The lowest BCUT2D eigenvalue weighted by atomic mass is 10.1. The number of nitrogens with zero attached hydrogens (tertiary/aromatic N) is 3. The Morgan fingerprint density at radius 1 is 1.10 bits per heavy atom. The molecule has 0 saturated carbocycles. The van der Waals surface area contributed by atoms with Crippen LogP contribution in [0.25, 0.3) is 0 Å². The average molecular weight is 272 g/mol. The predicted octanol–water partition coefficient (Wildman–Crippen LogP) is 2.71.